The molecule has 1 aromatic carbocycles. The number of benzene rings is 1. The summed E-state index contributed by atoms with van der Waals surface area (Å²) in [6, 6.07) is 8.19. The molecule has 0 aliphatic carbocycles. The summed E-state index contributed by atoms with van der Waals surface area (Å²) in [5.41, 5.74) is 1.06. The molecular formula is C15H15N3O2S. The quantitative estimate of drug-likeness (QED) is 0.741. The summed E-state index contributed by atoms with van der Waals surface area (Å²) in [6.45, 7) is 1.50. The molecule has 21 heavy (non-hydrogen) atoms. The Morgan fingerprint density at radius 3 is 3.00 bits per heavy atom. The van der Waals surface area contributed by atoms with Crippen molar-refractivity contribution in [2.75, 3.05) is 13.2 Å². The fraction of sp³-hybridized carbons (Fsp3) is 0.400. The molecule has 1 fully saturated rings. The molecule has 1 saturated heterocycles. The number of fused-ring (bicyclic) bond motifs is 1. The van der Waals surface area contributed by atoms with Crippen molar-refractivity contribution in [3.05, 3.63) is 41.0 Å². The zero-order chi connectivity index (χ0) is 14.1. The van der Waals surface area contributed by atoms with E-state index in [0.29, 0.717) is 18.4 Å². The van der Waals surface area contributed by atoms with Gasteiger partial charge in [-0.15, -0.1) is 11.3 Å². The molecule has 3 aromatic rings. The van der Waals surface area contributed by atoms with Crippen LogP contribution in [-0.2, 0) is 17.6 Å². The molecule has 4 rings (SSSR count). The van der Waals surface area contributed by atoms with Gasteiger partial charge in [0.25, 0.3) is 0 Å². The highest BCUT2D eigenvalue weighted by Gasteiger charge is 2.23. The molecule has 3 heterocycles. The van der Waals surface area contributed by atoms with Gasteiger partial charge in [0.15, 0.2) is 5.82 Å². The van der Waals surface area contributed by atoms with Crippen LogP contribution in [0.15, 0.2) is 28.8 Å². The van der Waals surface area contributed by atoms with E-state index in [0.717, 1.165) is 42.2 Å². The fourth-order valence-corrected chi connectivity index (χ4v) is 3.48. The smallest absolute Gasteiger partial charge is 0.227 e. The molecule has 0 bridgehead atoms. The predicted molar refractivity (Wildman–Crippen MR) is 79.5 cm³/mol. The van der Waals surface area contributed by atoms with Crippen molar-refractivity contribution in [1.82, 2.24) is 15.1 Å². The Morgan fingerprint density at radius 2 is 2.14 bits per heavy atom. The van der Waals surface area contributed by atoms with E-state index in [4.69, 9.17) is 9.26 Å². The minimum atomic E-state index is 0.296. The monoisotopic (exact) mass is 301 g/mol. The van der Waals surface area contributed by atoms with Crippen LogP contribution < -0.4 is 0 Å². The molecule has 108 valence electrons. The Morgan fingerprint density at radius 1 is 1.19 bits per heavy atom. The molecular weight excluding hydrogens is 286 g/mol. The number of nitrogens with zero attached hydrogens (tertiary/aromatic N) is 3. The molecule has 0 radical (unpaired) electrons. The minimum absolute atomic E-state index is 0.296. The van der Waals surface area contributed by atoms with Crippen molar-refractivity contribution in [2.24, 2.45) is 0 Å². The van der Waals surface area contributed by atoms with E-state index < -0.39 is 0 Å². The Bertz CT molecular complexity index is 713. The Hall–Kier alpha value is -1.79. The zero-order valence-electron chi connectivity index (χ0n) is 11.5. The largest absolute Gasteiger partial charge is 0.381 e. The third-order valence-electron chi connectivity index (χ3n) is 3.67. The molecule has 6 heteroatoms. The molecule has 2 aromatic heterocycles. The van der Waals surface area contributed by atoms with Crippen molar-refractivity contribution in [1.29, 1.82) is 0 Å². The van der Waals surface area contributed by atoms with Crippen molar-refractivity contribution in [2.45, 2.75) is 25.2 Å². The highest BCUT2D eigenvalue weighted by atomic mass is 32.1. The van der Waals surface area contributed by atoms with Gasteiger partial charge in [0.2, 0.25) is 5.89 Å². The Kier molecular flexibility index (Phi) is 3.40. The van der Waals surface area contributed by atoms with Gasteiger partial charge in [0.05, 0.1) is 21.8 Å². The van der Waals surface area contributed by atoms with E-state index >= 15 is 0 Å². The van der Waals surface area contributed by atoms with Gasteiger partial charge in [-0.25, -0.2) is 4.98 Å². The van der Waals surface area contributed by atoms with E-state index in [1.54, 1.807) is 11.3 Å². The maximum Gasteiger partial charge on any atom is 0.227 e. The van der Waals surface area contributed by atoms with Gasteiger partial charge in [-0.3, -0.25) is 0 Å². The highest BCUT2D eigenvalue weighted by Crippen LogP contribution is 2.24. The molecule has 0 N–H and O–H groups in total. The molecule has 0 saturated carbocycles. The van der Waals surface area contributed by atoms with Crippen LogP contribution in [0.3, 0.4) is 0 Å². The third-order valence-corrected chi connectivity index (χ3v) is 4.77. The minimum Gasteiger partial charge on any atom is -0.381 e. The number of hydrogen-bond donors (Lipinski definition) is 0. The maximum absolute atomic E-state index is 5.35. The molecule has 1 atom stereocenters. The molecule has 0 spiro atoms. The van der Waals surface area contributed by atoms with Crippen LogP contribution in [0.1, 0.15) is 29.1 Å². The number of ether oxygens (including phenoxy) is 1. The number of para-hydroxylation sites is 1. The lowest BCUT2D eigenvalue weighted by Crippen LogP contribution is -2.00. The molecule has 1 aliphatic rings. The summed E-state index contributed by atoms with van der Waals surface area (Å²) < 4.78 is 11.9. The van der Waals surface area contributed by atoms with Gasteiger partial charge in [-0.05, 0) is 18.6 Å². The lowest BCUT2D eigenvalue weighted by Gasteiger charge is -1.97. The number of thiazole rings is 1. The average molecular weight is 301 g/mol. The second kappa shape index (κ2) is 5.54. The SMILES string of the molecule is c1ccc2sc(CCc3nc([C@@H]4CCOC4)no3)nc2c1. The van der Waals surface area contributed by atoms with Crippen LogP contribution in [0, 0.1) is 0 Å². The third kappa shape index (κ3) is 2.69. The van der Waals surface area contributed by atoms with Crippen molar-refractivity contribution in [3.63, 3.8) is 0 Å². The van der Waals surface area contributed by atoms with E-state index in [2.05, 4.69) is 21.2 Å². The van der Waals surface area contributed by atoms with Gasteiger partial charge < -0.3 is 9.26 Å². The van der Waals surface area contributed by atoms with Crippen LogP contribution in [0.5, 0.6) is 0 Å². The first-order valence-corrected chi connectivity index (χ1v) is 7.95. The molecule has 0 amide bonds. The zero-order valence-corrected chi connectivity index (χ0v) is 12.3. The Labute approximate surface area is 126 Å². The maximum atomic E-state index is 5.35. The first-order valence-electron chi connectivity index (χ1n) is 7.13. The van der Waals surface area contributed by atoms with Crippen molar-refractivity contribution in [3.8, 4) is 0 Å². The summed E-state index contributed by atoms with van der Waals surface area (Å²) in [4.78, 5) is 9.10. The average Bonchev–Trinajstić information content (AvgIpc) is 3.23. The predicted octanol–water partition coefficient (Wildman–Crippen LogP) is 2.97. The normalized spacial score (nSPS) is 18.6. The van der Waals surface area contributed by atoms with E-state index in [9.17, 15) is 0 Å². The van der Waals surface area contributed by atoms with Crippen molar-refractivity contribution < 1.29 is 9.26 Å². The molecule has 5 nitrogen and oxygen atoms in total. The lowest BCUT2D eigenvalue weighted by molar-refractivity contribution is 0.192. The number of hydrogen-bond acceptors (Lipinski definition) is 6. The van der Waals surface area contributed by atoms with Gasteiger partial charge >= 0.3 is 0 Å². The van der Waals surface area contributed by atoms with Gasteiger partial charge in [-0.1, -0.05) is 17.3 Å². The van der Waals surface area contributed by atoms with Crippen LogP contribution >= 0.6 is 11.3 Å². The molecule has 0 unspecified atom stereocenters. The summed E-state index contributed by atoms with van der Waals surface area (Å²) in [5, 5.41) is 5.18. The fourth-order valence-electron chi connectivity index (χ4n) is 2.51. The summed E-state index contributed by atoms with van der Waals surface area (Å²) >= 11 is 1.73. The van der Waals surface area contributed by atoms with E-state index in [1.165, 1.54) is 4.70 Å². The number of aryl methyl sites for hydroxylation is 2. The van der Waals surface area contributed by atoms with Crippen LogP contribution in [0.4, 0.5) is 0 Å². The summed E-state index contributed by atoms with van der Waals surface area (Å²) in [7, 11) is 0. The second-order valence-corrected chi connectivity index (χ2v) is 6.30. The molecule has 1 aliphatic heterocycles. The Balaban J connectivity index is 1.44. The standard InChI is InChI=1S/C15H15N3O2S/c1-2-4-12-11(3-1)16-14(21-12)6-5-13-17-15(18-20-13)10-7-8-19-9-10/h1-4,10H,5-9H2/t10-/m1/s1. The summed E-state index contributed by atoms with van der Waals surface area (Å²) in [5.74, 6) is 1.77. The number of aromatic nitrogens is 3. The van der Waals surface area contributed by atoms with E-state index in [-0.39, 0.29) is 0 Å². The van der Waals surface area contributed by atoms with Crippen LogP contribution in [-0.4, -0.2) is 28.3 Å². The lowest BCUT2D eigenvalue weighted by atomic mass is 10.1. The first-order chi connectivity index (χ1) is 10.4. The highest BCUT2D eigenvalue weighted by molar-refractivity contribution is 7.18. The van der Waals surface area contributed by atoms with Gasteiger partial charge in [-0.2, -0.15) is 4.98 Å². The first kappa shape index (κ1) is 12.9. The topological polar surface area (TPSA) is 61.0 Å². The summed E-state index contributed by atoms with van der Waals surface area (Å²) in [6.07, 6.45) is 2.55. The van der Waals surface area contributed by atoms with Crippen LogP contribution in [0.2, 0.25) is 0 Å². The van der Waals surface area contributed by atoms with E-state index in [1.807, 2.05) is 18.2 Å². The van der Waals surface area contributed by atoms with Crippen LogP contribution in [0.25, 0.3) is 10.2 Å². The van der Waals surface area contributed by atoms with Crippen molar-refractivity contribution >= 4 is 21.6 Å². The van der Waals surface area contributed by atoms with Gasteiger partial charge in [0, 0.05) is 25.4 Å². The van der Waals surface area contributed by atoms with Gasteiger partial charge in [0.1, 0.15) is 0 Å². The number of rotatable bonds is 4. The second-order valence-electron chi connectivity index (χ2n) is 5.18.